The number of rotatable bonds is 7. The summed E-state index contributed by atoms with van der Waals surface area (Å²) in [6.07, 6.45) is 2.60. The molecule has 0 radical (unpaired) electrons. The molecule has 1 aromatic rings. The number of ether oxygens (including phenoxy) is 2. The van der Waals surface area contributed by atoms with Crippen molar-refractivity contribution in [3.05, 3.63) is 22.4 Å². The van der Waals surface area contributed by atoms with E-state index in [1.807, 2.05) is 18.4 Å². The third-order valence-corrected chi connectivity index (χ3v) is 5.56. The van der Waals surface area contributed by atoms with E-state index in [2.05, 4.69) is 37.6 Å². The number of thiophene rings is 1. The van der Waals surface area contributed by atoms with Crippen LogP contribution >= 0.6 is 35.3 Å². The highest BCUT2D eigenvalue weighted by atomic mass is 127. The van der Waals surface area contributed by atoms with Crippen molar-refractivity contribution >= 4 is 41.3 Å². The summed E-state index contributed by atoms with van der Waals surface area (Å²) in [7, 11) is 1.85. The molecule has 6 nitrogen and oxygen atoms in total. The first-order chi connectivity index (χ1) is 12.3. The number of aliphatic imine (C=N–C) groups is 1. The molecule has 2 saturated heterocycles. The summed E-state index contributed by atoms with van der Waals surface area (Å²) in [4.78, 5) is 10.7. The molecule has 1 N–H and O–H groups in total. The summed E-state index contributed by atoms with van der Waals surface area (Å²) >= 11 is 1.84. The van der Waals surface area contributed by atoms with Crippen molar-refractivity contribution in [3.63, 3.8) is 0 Å². The molecule has 1 aromatic heterocycles. The van der Waals surface area contributed by atoms with Crippen LogP contribution in [0.2, 0.25) is 0 Å². The number of guanidine groups is 1. The van der Waals surface area contributed by atoms with Gasteiger partial charge in [0.1, 0.15) is 0 Å². The van der Waals surface area contributed by atoms with Crippen LogP contribution < -0.4 is 5.32 Å². The van der Waals surface area contributed by atoms with Crippen LogP contribution in [0.5, 0.6) is 0 Å². The number of hydrogen-bond donors (Lipinski definition) is 1. The highest BCUT2D eigenvalue weighted by Gasteiger charge is 2.20. The summed E-state index contributed by atoms with van der Waals surface area (Å²) in [6.45, 7) is 8.32. The molecule has 0 saturated carbocycles. The molecular formula is C18H31IN4O2S. The van der Waals surface area contributed by atoms with E-state index in [-0.39, 0.29) is 24.0 Å². The van der Waals surface area contributed by atoms with Crippen LogP contribution in [0.15, 0.2) is 22.5 Å². The van der Waals surface area contributed by atoms with Gasteiger partial charge in [-0.3, -0.25) is 9.89 Å². The lowest BCUT2D eigenvalue weighted by atomic mass is 10.2. The van der Waals surface area contributed by atoms with E-state index < -0.39 is 0 Å². The zero-order chi connectivity index (χ0) is 17.3. The van der Waals surface area contributed by atoms with Crippen molar-refractivity contribution in [2.75, 3.05) is 59.6 Å². The molecule has 8 heteroatoms. The molecule has 0 bridgehead atoms. The van der Waals surface area contributed by atoms with Gasteiger partial charge in [0.15, 0.2) is 5.96 Å². The Morgan fingerprint density at radius 3 is 2.88 bits per heavy atom. The van der Waals surface area contributed by atoms with E-state index in [4.69, 9.17) is 9.47 Å². The van der Waals surface area contributed by atoms with Crippen LogP contribution in [0, 0.1) is 0 Å². The fourth-order valence-corrected chi connectivity index (χ4v) is 4.04. The molecule has 26 heavy (non-hydrogen) atoms. The van der Waals surface area contributed by atoms with Crippen LogP contribution in [0.25, 0.3) is 0 Å². The van der Waals surface area contributed by atoms with E-state index in [0.717, 1.165) is 64.7 Å². The van der Waals surface area contributed by atoms with Gasteiger partial charge in [-0.1, -0.05) is 6.07 Å². The van der Waals surface area contributed by atoms with Gasteiger partial charge in [0.2, 0.25) is 0 Å². The molecule has 148 valence electrons. The smallest absolute Gasteiger partial charge is 0.193 e. The molecule has 2 aliphatic rings. The average molecular weight is 494 g/mol. The summed E-state index contributed by atoms with van der Waals surface area (Å²) in [5.74, 6) is 0.983. The van der Waals surface area contributed by atoms with Crippen molar-refractivity contribution in [1.82, 2.24) is 15.1 Å². The third-order valence-electron chi connectivity index (χ3n) is 4.70. The van der Waals surface area contributed by atoms with Crippen LogP contribution in [-0.4, -0.2) is 81.5 Å². The summed E-state index contributed by atoms with van der Waals surface area (Å²) in [6, 6.07) is 4.34. The number of piperazine rings is 1. The Hall–Kier alpha value is -0.420. The first-order valence-electron chi connectivity index (χ1n) is 9.25. The maximum atomic E-state index is 5.71. The normalized spacial score (nSPS) is 21.7. The minimum absolute atomic E-state index is 0. The van der Waals surface area contributed by atoms with Gasteiger partial charge in [-0.15, -0.1) is 35.3 Å². The molecule has 0 amide bonds. The molecule has 1 unspecified atom stereocenters. The maximum absolute atomic E-state index is 5.71. The van der Waals surface area contributed by atoms with Crippen molar-refractivity contribution < 1.29 is 9.47 Å². The second kappa shape index (κ2) is 12.1. The lowest BCUT2D eigenvalue weighted by Gasteiger charge is -2.36. The largest absolute Gasteiger partial charge is 0.377 e. The molecule has 2 fully saturated rings. The van der Waals surface area contributed by atoms with Crippen molar-refractivity contribution in [2.45, 2.75) is 25.5 Å². The van der Waals surface area contributed by atoms with Crippen LogP contribution in [0.1, 0.15) is 17.7 Å². The third kappa shape index (κ3) is 6.95. The predicted octanol–water partition coefficient (Wildman–Crippen LogP) is 2.25. The lowest BCUT2D eigenvalue weighted by Crippen LogP contribution is -2.52. The standard InChI is InChI=1S/C18H30N4O2S.HI/c1-19-18(20-6-12-23-15-16-4-2-11-24-16)22-9-7-21(8-10-22)14-17-5-3-13-25-17;/h3,5,13,16H,2,4,6-12,14-15H2,1H3,(H,19,20);1H. The van der Waals surface area contributed by atoms with Crippen molar-refractivity contribution in [1.29, 1.82) is 0 Å². The van der Waals surface area contributed by atoms with Crippen molar-refractivity contribution in [3.8, 4) is 0 Å². The fourth-order valence-electron chi connectivity index (χ4n) is 3.30. The van der Waals surface area contributed by atoms with E-state index >= 15 is 0 Å². The lowest BCUT2D eigenvalue weighted by molar-refractivity contribution is 0.0189. The number of hydrogen-bond acceptors (Lipinski definition) is 5. The minimum Gasteiger partial charge on any atom is -0.377 e. The van der Waals surface area contributed by atoms with Gasteiger partial charge < -0.3 is 19.7 Å². The van der Waals surface area contributed by atoms with Crippen LogP contribution in [0.3, 0.4) is 0 Å². The van der Waals surface area contributed by atoms with Gasteiger partial charge in [-0.05, 0) is 24.3 Å². The van der Waals surface area contributed by atoms with Crippen LogP contribution in [-0.2, 0) is 16.0 Å². The number of halogens is 1. The van der Waals surface area contributed by atoms with Gasteiger partial charge in [-0.25, -0.2) is 0 Å². The second-order valence-electron chi connectivity index (χ2n) is 6.53. The van der Waals surface area contributed by atoms with E-state index in [1.165, 1.54) is 4.88 Å². The predicted molar refractivity (Wildman–Crippen MR) is 118 cm³/mol. The van der Waals surface area contributed by atoms with Crippen LogP contribution in [0.4, 0.5) is 0 Å². The molecule has 3 rings (SSSR count). The van der Waals surface area contributed by atoms with Gasteiger partial charge >= 0.3 is 0 Å². The van der Waals surface area contributed by atoms with E-state index in [0.29, 0.717) is 19.3 Å². The van der Waals surface area contributed by atoms with Gasteiger partial charge in [0.25, 0.3) is 0 Å². The Balaban J connectivity index is 0.00000243. The zero-order valence-electron chi connectivity index (χ0n) is 15.6. The summed E-state index contributed by atoms with van der Waals surface area (Å²) in [5.41, 5.74) is 0. The van der Waals surface area contributed by atoms with Gasteiger partial charge in [0.05, 0.1) is 19.3 Å². The average Bonchev–Trinajstić information content (AvgIpc) is 3.33. The monoisotopic (exact) mass is 494 g/mol. The topological polar surface area (TPSA) is 49.3 Å². The molecule has 1 atom stereocenters. The highest BCUT2D eigenvalue weighted by Crippen LogP contribution is 2.14. The SMILES string of the molecule is CN=C(NCCOCC1CCCO1)N1CCN(Cc2cccs2)CC1.I. The molecule has 0 spiro atoms. The van der Waals surface area contributed by atoms with E-state index in [9.17, 15) is 0 Å². The first-order valence-corrected chi connectivity index (χ1v) is 10.1. The Morgan fingerprint density at radius 1 is 1.38 bits per heavy atom. The maximum Gasteiger partial charge on any atom is 0.193 e. The molecule has 3 heterocycles. The zero-order valence-corrected chi connectivity index (χ0v) is 18.7. The Labute approximate surface area is 178 Å². The fraction of sp³-hybridized carbons (Fsp3) is 0.722. The van der Waals surface area contributed by atoms with Crippen molar-refractivity contribution in [2.24, 2.45) is 4.99 Å². The highest BCUT2D eigenvalue weighted by molar-refractivity contribution is 14.0. The quantitative estimate of drug-likeness (QED) is 0.273. The Morgan fingerprint density at radius 2 is 2.23 bits per heavy atom. The Kier molecular flexibility index (Phi) is 10.2. The Bertz CT molecular complexity index is 515. The molecule has 2 aliphatic heterocycles. The number of nitrogens with one attached hydrogen (secondary N) is 1. The molecular weight excluding hydrogens is 463 g/mol. The summed E-state index contributed by atoms with van der Waals surface area (Å²) < 4.78 is 11.3. The molecule has 0 aliphatic carbocycles. The second-order valence-corrected chi connectivity index (χ2v) is 7.56. The molecule has 0 aromatic carbocycles. The van der Waals surface area contributed by atoms with Gasteiger partial charge in [0, 0.05) is 57.8 Å². The number of nitrogens with zero attached hydrogens (tertiary/aromatic N) is 3. The summed E-state index contributed by atoms with van der Waals surface area (Å²) in [5, 5.41) is 5.57. The van der Waals surface area contributed by atoms with Gasteiger partial charge in [-0.2, -0.15) is 0 Å². The first kappa shape index (κ1) is 21.9. The van der Waals surface area contributed by atoms with E-state index in [1.54, 1.807) is 0 Å². The minimum atomic E-state index is 0.